The van der Waals surface area contributed by atoms with Crippen LogP contribution in [-0.4, -0.2) is 35.5 Å². The number of benzene rings is 2. The Kier molecular flexibility index (Phi) is 5.79. The van der Waals surface area contributed by atoms with Gasteiger partial charge in [0.15, 0.2) is 0 Å². The van der Waals surface area contributed by atoms with Crippen LogP contribution in [0.5, 0.6) is 5.75 Å². The van der Waals surface area contributed by atoms with E-state index in [1.165, 1.54) is 36.9 Å². The molecular weight excluding hydrogens is 469 g/mol. The van der Waals surface area contributed by atoms with Gasteiger partial charge in [-0.1, -0.05) is 12.1 Å². The van der Waals surface area contributed by atoms with Gasteiger partial charge in [-0.2, -0.15) is 4.39 Å². The van der Waals surface area contributed by atoms with E-state index < -0.39 is 16.0 Å². The summed E-state index contributed by atoms with van der Waals surface area (Å²) in [7, 11) is -2.30. The second-order valence-electron chi connectivity index (χ2n) is 7.53. The highest BCUT2D eigenvalue weighted by atomic mass is 32.2. The van der Waals surface area contributed by atoms with Crippen LogP contribution in [0.1, 0.15) is 0 Å². The van der Waals surface area contributed by atoms with Crippen LogP contribution in [0.25, 0.3) is 33.2 Å². The van der Waals surface area contributed by atoms with Gasteiger partial charge in [-0.3, -0.25) is 9.71 Å². The SMILES string of the molecule is COc1cc(-c2ccc(F)nc2)ccc1-c1nccc2cc(S(=O)(=O)Nc3ccncn3)ccc12. The summed E-state index contributed by atoms with van der Waals surface area (Å²) in [5.74, 6) is 0.191. The van der Waals surface area contributed by atoms with Crippen molar-refractivity contribution in [1.82, 2.24) is 19.9 Å². The number of nitrogens with zero attached hydrogens (tertiary/aromatic N) is 4. The quantitative estimate of drug-likeness (QED) is 0.346. The van der Waals surface area contributed by atoms with Crippen molar-refractivity contribution >= 4 is 26.6 Å². The number of halogens is 1. The Hall–Kier alpha value is -4.44. The summed E-state index contributed by atoms with van der Waals surface area (Å²) in [6, 6.07) is 16.5. The summed E-state index contributed by atoms with van der Waals surface area (Å²) < 4.78 is 47.0. The number of nitrogens with one attached hydrogen (secondary N) is 1. The van der Waals surface area contributed by atoms with Crippen molar-refractivity contribution in [1.29, 1.82) is 0 Å². The van der Waals surface area contributed by atoms with Crippen molar-refractivity contribution in [3.05, 3.63) is 91.5 Å². The van der Waals surface area contributed by atoms with Gasteiger partial charge in [-0.25, -0.2) is 23.4 Å². The molecule has 0 aliphatic rings. The highest BCUT2D eigenvalue weighted by molar-refractivity contribution is 7.92. The van der Waals surface area contributed by atoms with E-state index in [0.29, 0.717) is 16.8 Å². The number of anilines is 1. The van der Waals surface area contributed by atoms with Crippen molar-refractivity contribution in [2.75, 3.05) is 11.8 Å². The van der Waals surface area contributed by atoms with Crippen molar-refractivity contribution in [2.45, 2.75) is 4.90 Å². The molecule has 8 nitrogen and oxygen atoms in total. The van der Waals surface area contributed by atoms with Gasteiger partial charge in [-0.15, -0.1) is 0 Å². The molecule has 1 N–H and O–H groups in total. The van der Waals surface area contributed by atoms with E-state index in [-0.39, 0.29) is 10.7 Å². The normalized spacial score (nSPS) is 11.4. The monoisotopic (exact) mass is 487 g/mol. The maximum Gasteiger partial charge on any atom is 0.263 e. The molecule has 2 aromatic carbocycles. The number of sulfonamides is 1. The third kappa shape index (κ3) is 4.51. The molecule has 0 atom stereocenters. The predicted octanol–water partition coefficient (Wildman–Crippen LogP) is 4.70. The molecule has 10 heteroatoms. The molecule has 0 fully saturated rings. The summed E-state index contributed by atoms with van der Waals surface area (Å²) in [5.41, 5.74) is 2.91. The number of ether oxygens (including phenoxy) is 1. The van der Waals surface area contributed by atoms with E-state index in [1.807, 2.05) is 18.2 Å². The summed E-state index contributed by atoms with van der Waals surface area (Å²) in [6.07, 6.45) is 5.79. The molecule has 0 saturated heterocycles. The van der Waals surface area contributed by atoms with Crippen LogP contribution in [0.15, 0.2) is 90.5 Å². The zero-order valence-corrected chi connectivity index (χ0v) is 19.2. The lowest BCUT2D eigenvalue weighted by Gasteiger charge is -2.13. The fourth-order valence-electron chi connectivity index (χ4n) is 3.70. The lowest BCUT2D eigenvalue weighted by atomic mass is 9.99. The number of fused-ring (bicyclic) bond motifs is 1. The Balaban J connectivity index is 1.54. The number of methoxy groups -OCH3 is 1. The Labute approximate surface area is 200 Å². The van der Waals surface area contributed by atoms with E-state index in [1.54, 1.807) is 37.6 Å². The summed E-state index contributed by atoms with van der Waals surface area (Å²) in [6.45, 7) is 0. The average Bonchev–Trinajstić information content (AvgIpc) is 2.88. The van der Waals surface area contributed by atoms with E-state index in [0.717, 1.165) is 22.1 Å². The Morgan fingerprint density at radius 2 is 1.74 bits per heavy atom. The first-order valence-corrected chi connectivity index (χ1v) is 11.9. The Morgan fingerprint density at radius 3 is 2.49 bits per heavy atom. The highest BCUT2D eigenvalue weighted by Gasteiger charge is 2.18. The molecule has 35 heavy (non-hydrogen) atoms. The Morgan fingerprint density at radius 1 is 0.886 bits per heavy atom. The number of pyridine rings is 2. The van der Waals surface area contributed by atoms with E-state index in [9.17, 15) is 12.8 Å². The minimum absolute atomic E-state index is 0.0897. The minimum Gasteiger partial charge on any atom is -0.496 e. The molecule has 5 aromatic rings. The first-order valence-electron chi connectivity index (χ1n) is 10.4. The maximum atomic E-state index is 13.2. The van der Waals surface area contributed by atoms with Crippen molar-refractivity contribution in [3.63, 3.8) is 0 Å². The molecule has 0 amide bonds. The first kappa shape index (κ1) is 22.4. The second-order valence-corrected chi connectivity index (χ2v) is 9.21. The second kappa shape index (κ2) is 9.07. The molecule has 3 heterocycles. The van der Waals surface area contributed by atoms with Crippen LogP contribution in [0.4, 0.5) is 10.2 Å². The lowest BCUT2D eigenvalue weighted by Crippen LogP contribution is -2.13. The average molecular weight is 488 g/mol. The molecular formula is C25H18FN5O3S. The van der Waals surface area contributed by atoms with Gasteiger partial charge in [0.2, 0.25) is 5.95 Å². The summed E-state index contributed by atoms with van der Waals surface area (Å²) >= 11 is 0. The highest BCUT2D eigenvalue weighted by Crippen LogP contribution is 2.37. The number of rotatable bonds is 6. The minimum atomic E-state index is -3.85. The first-order chi connectivity index (χ1) is 16.9. The molecule has 0 aliphatic carbocycles. The predicted molar refractivity (Wildman–Crippen MR) is 130 cm³/mol. The van der Waals surface area contributed by atoms with Crippen molar-refractivity contribution in [3.8, 4) is 28.1 Å². The molecule has 0 saturated carbocycles. The molecule has 174 valence electrons. The smallest absolute Gasteiger partial charge is 0.263 e. The van der Waals surface area contributed by atoms with E-state index in [4.69, 9.17) is 4.74 Å². The topological polar surface area (TPSA) is 107 Å². The molecule has 3 aromatic heterocycles. The van der Waals surface area contributed by atoms with Crippen LogP contribution in [0, 0.1) is 5.95 Å². The molecule has 0 radical (unpaired) electrons. The van der Waals surface area contributed by atoms with E-state index >= 15 is 0 Å². The maximum absolute atomic E-state index is 13.2. The van der Waals surface area contributed by atoms with Crippen LogP contribution < -0.4 is 9.46 Å². The van der Waals surface area contributed by atoms with Crippen LogP contribution in [0.3, 0.4) is 0 Å². The molecule has 0 spiro atoms. The van der Waals surface area contributed by atoms with Gasteiger partial charge < -0.3 is 4.74 Å². The standard InChI is InChI=1S/C25H18FN5O3S/c1-34-22-13-16(18-3-7-23(26)29-14-18)2-5-21(22)25-20-6-4-19(12-17(20)8-11-28-25)35(32,33)31-24-9-10-27-15-30-24/h2-15H,1H3,(H,27,30,31). The van der Waals surface area contributed by atoms with Gasteiger partial charge in [0.1, 0.15) is 17.9 Å². The van der Waals surface area contributed by atoms with Crippen LogP contribution in [-0.2, 0) is 10.0 Å². The zero-order chi connectivity index (χ0) is 24.4. The fourth-order valence-corrected chi connectivity index (χ4v) is 4.74. The summed E-state index contributed by atoms with van der Waals surface area (Å²) in [4.78, 5) is 16.0. The summed E-state index contributed by atoms with van der Waals surface area (Å²) in [5, 5.41) is 1.44. The van der Waals surface area contributed by atoms with Crippen LogP contribution >= 0.6 is 0 Å². The molecule has 0 aliphatic heterocycles. The number of hydrogen-bond donors (Lipinski definition) is 1. The van der Waals surface area contributed by atoms with Gasteiger partial charge in [-0.05, 0) is 59.5 Å². The largest absolute Gasteiger partial charge is 0.496 e. The molecule has 0 bridgehead atoms. The van der Waals surface area contributed by atoms with Gasteiger partial charge in [0.05, 0.1) is 17.7 Å². The fraction of sp³-hybridized carbons (Fsp3) is 0.0400. The zero-order valence-electron chi connectivity index (χ0n) is 18.4. The van der Waals surface area contributed by atoms with E-state index in [2.05, 4.69) is 24.7 Å². The number of aromatic nitrogens is 4. The van der Waals surface area contributed by atoms with Crippen molar-refractivity contribution < 1.29 is 17.5 Å². The third-order valence-corrected chi connectivity index (χ3v) is 6.74. The number of hydrogen-bond acceptors (Lipinski definition) is 7. The van der Waals surface area contributed by atoms with Crippen molar-refractivity contribution in [2.24, 2.45) is 0 Å². The van der Waals surface area contributed by atoms with Crippen LogP contribution in [0.2, 0.25) is 0 Å². The Bertz CT molecular complexity index is 1630. The molecule has 0 unspecified atom stereocenters. The molecule has 5 rings (SSSR count). The van der Waals surface area contributed by atoms with Gasteiger partial charge in [0, 0.05) is 35.1 Å². The van der Waals surface area contributed by atoms with Gasteiger partial charge >= 0.3 is 0 Å². The third-order valence-electron chi connectivity index (χ3n) is 5.38. The lowest BCUT2D eigenvalue weighted by molar-refractivity contribution is 0.416. The van der Waals surface area contributed by atoms with Gasteiger partial charge in [0.25, 0.3) is 10.0 Å².